The first-order valence-electron chi connectivity index (χ1n) is 7.23. The van der Waals surface area contributed by atoms with Crippen molar-refractivity contribution in [3.63, 3.8) is 0 Å². The fourth-order valence-electron chi connectivity index (χ4n) is 2.40. The molecular formula is C16H15ClN4O3S. The van der Waals surface area contributed by atoms with E-state index in [4.69, 9.17) is 17.3 Å². The molecule has 7 nitrogen and oxygen atoms in total. The number of sulfonamides is 1. The van der Waals surface area contributed by atoms with Crippen molar-refractivity contribution in [2.24, 2.45) is 0 Å². The minimum Gasteiger partial charge on any atom is -0.382 e. The summed E-state index contributed by atoms with van der Waals surface area (Å²) < 4.78 is 26.9. The van der Waals surface area contributed by atoms with Gasteiger partial charge >= 0.3 is 0 Å². The summed E-state index contributed by atoms with van der Waals surface area (Å²) in [6, 6.07) is 11.1. The maximum absolute atomic E-state index is 12.8. The van der Waals surface area contributed by atoms with E-state index in [1.807, 2.05) is 0 Å². The monoisotopic (exact) mass is 378 g/mol. The SMILES string of the molecule is CN(C)S(=O)(=O)c1cc(C(=O)n2nc(N)c3ccccc32)ccc1Cl. The van der Waals surface area contributed by atoms with Gasteiger partial charge in [0, 0.05) is 25.0 Å². The average Bonchev–Trinajstić information content (AvgIpc) is 2.92. The molecule has 1 aromatic heterocycles. The molecule has 0 aliphatic carbocycles. The first kappa shape index (κ1) is 17.4. The Labute approximate surface area is 149 Å². The van der Waals surface area contributed by atoms with Crippen LogP contribution in [0.2, 0.25) is 5.02 Å². The fraction of sp³-hybridized carbons (Fsp3) is 0.125. The van der Waals surface area contributed by atoms with E-state index >= 15 is 0 Å². The van der Waals surface area contributed by atoms with Gasteiger partial charge in [-0.15, -0.1) is 5.10 Å². The molecule has 130 valence electrons. The zero-order valence-corrected chi connectivity index (χ0v) is 15.0. The molecule has 0 aliphatic heterocycles. The Balaban J connectivity index is 2.15. The normalized spacial score (nSPS) is 12.0. The number of fused-ring (bicyclic) bond motifs is 1. The smallest absolute Gasteiger partial charge is 0.278 e. The topological polar surface area (TPSA) is 98.3 Å². The van der Waals surface area contributed by atoms with E-state index in [0.29, 0.717) is 10.9 Å². The van der Waals surface area contributed by atoms with Crippen LogP contribution in [0.15, 0.2) is 47.4 Å². The Bertz CT molecular complexity index is 1090. The van der Waals surface area contributed by atoms with E-state index in [9.17, 15) is 13.2 Å². The number of halogens is 1. The second-order valence-corrected chi connectivity index (χ2v) is 8.08. The standard InChI is InChI=1S/C16H15ClN4O3S/c1-20(2)25(23,24)14-9-10(7-8-12(14)17)16(22)21-13-6-4-3-5-11(13)15(18)19-21/h3-9H,1-2H3,(H2,18,19). The van der Waals surface area contributed by atoms with Gasteiger partial charge in [0.05, 0.1) is 10.5 Å². The predicted molar refractivity (Wildman–Crippen MR) is 96.2 cm³/mol. The molecule has 0 radical (unpaired) electrons. The van der Waals surface area contributed by atoms with E-state index in [2.05, 4.69) is 5.10 Å². The first-order valence-corrected chi connectivity index (χ1v) is 9.05. The number of carbonyl (C=O) groups excluding carboxylic acids is 1. The number of hydrogen-bond acceptors (Lipinski definition) is 5. The third-order valence-corrected chi connectivity index (χ3v) is 6.04. The fourth-order valence-corrected chi connectivity index (χ4v) is 3.79. The van der Waals surface area contributed by atoms with E-state index in [0.717, 1.165) is 8.99 Å². The maximum Gasteiger partial charge on any atom is 0.278 e. The Kier molecular flexibility index (Phi) is 4.28. The number of rotatable bonds is 3. The van der Waals surface area contributed by atoms with Gasteiger partial charge in [0.15, 0.2) is 5.82 Å². The van der Waals surface area contributed by atoms with Gasteiger partial charge in [-0.2, -0.15) is 4.68 Å². The lowest BCUT2D eigenvalue weighted by Crippen LogP contribution is -2.23. The summed E-state index contributed by atoms with van der Waals surface area (Å²) in [4.78, 5) is 12.7. The van der Waals surface area contributed by atoms with Crippen LogP contribution in [-0.2, 0) is 10.0 Å². The third-order valence-electron chi connectivity index (χ3n) is 3.75. The van der Waals surface area contributed by atoms with Crippen LogP contribution in [0.3, 0.4) is 0 Å². The molecule has 2 aromatic carbocycles. The van der Waals surface area contributed by atoms with E-state index in [1.54, 1.807) is 24.3 Å². The van der Waals surface area contributed by atoms with Gasteiger partial charge in [0.25, 0.3) is 5.91 Å². The van der Waals surface area contributed by atoms with Gasteiger partial charge < -0.3 is 5.73 Å². The molecule has 0 saturated heterocycles. The molecular weight excluding hydrogens is 364 g/mol. The number of carbonyl (C=O) groups is 1. The number of hydrogen-bond donors (Lipinski definition) is 1. The summed E-state index contributed by atoms with van der Waals surface area (Å²) in [5.74, 6) is -0.279. The molecule has 0 bridgehead atoms. The van der Waals surface area contributed by atoms with Crippen LogP contribution in [0.5, 0.6) is 0 Å². The Morgan fingerprint density at radius 1 is 1.20 bits per heavy atom. The lowest BCUT2D eigenvalue weighted by Gasteiger charge is -2.13. The molecule has 3 rings (SSSR count). The van der Waals surface area contributed by atoms with Gasteiger partial charge in [0.1, 0.15) is 4.90 Å². The summed E-state index contributed by atoms with van der Waals surface area (Å²) in [5.41, 5.74) is 6.52. The van der Waals surface area contributed by atoms with Crippen LogP contribution in [0.25, 0.3) is 10.9 Å². The largest absolute Gasteiger partial charge is 0.382 e. The van der Waals surface area contributed by atoms with Crippen LogP contribution in [0.1, 0.15) is 10.4 Å². The van der Waals surface area contributed by atoms with Crippen molar-refractivity contribution in [1.29, 1.82) is 0 Å². The van der Waals surface area contributed by atoms with Crippen LogP contribution in [-0.4, -0.2) is 42.5 Å². The average molecular weight is 379 g/mol. The minimum absolute atomic E-state index is 0.0371. The lowest BCUT2D eigenvalue weighted by atomic mass is 10.2. The number of nitrogen functional groups attached to an aromatic ring is 1. The van der Waals surface area contributed by atoms with Crippen molar-refractivity contribution < 1.29 is 13.2 Å². The van der Waals surface area contributed by atoms with Gasteiger partial charge in [-0.3, -0.25) is 4.79 Å². The number of aromatic nitrogens is 2. The van der Waals surface area contributed by atoms with E-state index < -0.39 is 15.9 Å². The molecule has 25 heavy (non-hydrogen) atoms. The quantitative estimate of drug-likeness (QED) is 0.753. The number of nitrogens with two attached hydrogens (primary N) is 1. The van der Waals surface area contributed by atoms with Crippen LogP contribution in [0, 0.1) is 0 Å². The Morgan fingerprint density at radius 2 is 1.88 bits per heavy atom. The summed E-state index contributed by atoms with van der Waals surface area (Å²) in [5, 5.41) is 4.75. The molecule has 0 saturated carbocycles. The zero-order valence-electron chi connectivity index (χ0n) is 13.5. The van der Waals surface area contributed by atoms with Crippen molar-refractivity contribution in [3.05, 3.63) is 53.1 Å². The van der Waals surface area contributed by atoms with E-state index in [1.165, 1.54) is 32.3 Å². The van der Waals surface area contributed by atoms with Gasteiger partial charge in [-0.25, -0.2) is 12.7 Å². The summed E-state index contributed by atoms with van der Waals surface area (Å²) in [6.45, 7) is 0. The van der Waals surface area contributed by atoms with Crippen molar-refractivity contribution in [1.82, 2.24) is 14.1 Å². The number of para-hydroxylation sites is 1. The Hall–Kier alpha value is -2.42. The van der Waals surface area contributed by atoms with Crippen LogP contribution in [0.4, 0.5) is 5.82 Å². The first-order chi connectivity index (χ1) is 11.7. The highest BCUT2D eigenvalue weighted by molar-refractivity contribution is 7.89. The molecule has 0 fully saturated rings. The molecule has 0 aliphatic rings. The molecule has 0 atom stereocenters. The molecule has 0 unspecified atom stereocenters. The summed E-state index contributed by atoms with van der Waals surface area (Å²) in [6.07, 6.45) is 0. The number of nitrogens with zero attached hydrogens (tertiary/aromatic N) is 3. The lowest BCUT2D eigenvalue weighted by molar-refractivity contribution is 0.0950. The van der Waals surface area contributed by atoms with Crippen LogP contribution < -0.4 is 5.73 Å². The van der Waals surface area contributed by atoms with Crippen molar-refractivity contribution in [2.45, 2.75) is 4.90 Å². The van der Waals surface area contributed by atoms with Crippen molar-refractivity contribution in [3.8, 4) is 0 Å². The van der Waals surface area contributed by atoms with Gasteiger partial charge in [-0.1, -0.05) is 23.7 Å². The zero-order chi connectivity index (χ0) is 18.4. The highest BCUT2D eigenvalue weighted by Gasteiger charge is 2.24. The van der Waals surface area contributed by atoms with Crippen LogP contribution >= 0.6 is 11.6 Å². The molecule has 9 heteroatoms. The number of benzene rings is 2. The second-order valence-electron chi connectivity index (χ2n) is 5.55. The molecule has 3 aromatic rings. The van der Waals surface area contributed by atoms with Gasteiger partial charge in [0.2, 0.25) is 10.0 Å². The maximum atomic E-state index is 12.8. The molecule has 0 spiro atoms. The molecule has 1 heterocycles. The van der Waals surface area contributed by atoms with E-state index in [-0.39, 0.29) is 21.3 Å². The highest BCUT2D eigenvalue weighted by atomic mass is 35.5. The Morgan fingerprint density at radius 3 is 2.56 bits per heavy atom. The second kappa shape index (κ2) is 6.14. The van der Waals surface area contributed by atoms with Crippen molar-refractivity contribution >= 4 is 44.3 Å². The van der Waals surface area contributed by atoms with Gasteiger partial charge in [-0.05, 0) is 30.3 Å². The third kappa shape index (κ3) is 2.88. The molecule has 0 amide bonds. The summed E-state index contributed by atoms with van der Waals surface area (Å²) in [7, 11) is -1.01. The number of anilines is 1. The highest BCUT2D eigenvalue weighted by Crippen LogP contribution is 2.26. The van der Waals surface area contributed by atoms with Crippen molar-refractivity contribution in [2.75, 3.05) is 19.8 Å². The molecule has 2 N–H and O–H groups in total. The predicted octanol–water partition coefficient (Wildman–Crippen LogP) is 2.21. The minimum atomic E-state index is -3.79. The summed E-state index contributed by atoms with van der Waals surface area (Å²) >= 11 is 6.02.